The van der Waals surface area contributed by atoms with Crippen LogP contribution in [0.25, 0.3) is 0 Å². The molecule has 1 aliphatic rings. The van der Waals surface area contributed by atoms with Gasteiger partial charge in [0.15, 0.2) is 0 Å². The van der Waals surface area contributed by atoms with Crippen LogP contribution in [0.3, 0.4) is 0 Å². The fraction of sp³-hybridized carbons (Fsp3) is 0.562. The molecule has 0 radical (unpaired) electrons. The number of methoxy groups -OCH3 is 1. The predicted molar refractivity (Wildman–Crippen MR) is 84.0 cm³/mol. The molecule has 0 spiro atoms. The molecule has 22 heavy (non-hydrogen) atoms. The molecule has 5 nitrogen and oxygen atoms in total. The van der Waals surface area contributed by atoms with E-state index in [1.54, 1.807) is 12.1 Å². The van der Waals surface area contributed by atoms with E-state index in [4.69, 9.17) is 4.74 Å². The minimum Gasteiger partial charge on any atom is -0.468 e. The molecule has 2 rings (SSSR count). The number of rotatable bonds is 6. The van der Waals surface area contributed by atoms with Crippen LogP contribution in [0.1, 0.15) is 37.8 Å². The third kappa shape index (κ3) is 3.87. The standard InChI is InChI=1S/C16H23NO4S/c1-11(2)9-15(16(18)21-3)17-22(19,20)14-8-7-12-5-4-6-13(12)10-14/h7-8,10-11,15,17H,4-6,9H2,1-3H3. The molecule has 1 aromatic rings. The molecular weight excluding hydrogens is 302 g/mol. The molecule has 0 aromatic heterocycles. The number of fused-ring (bicyclic) bond motifs is 1. The van der Waals surface area contributed by atoms with Crippen LogP contribution >= 0.6 is 0 Å². The summed E-state index contributed by atoms with van der Waals surface area (Å²) in [4.78, 5) is 12.0. The number of aryl methyl sites for hydroxylation is 2. The van der Waals surface area contributed by atoms with Gasteiger partial charge in [0.05, 0.1) is 12.0 Å². The Morgan fingerprint density at radius 3 is 2.59 bits per heavy atom. The summed E-state index contributed by atoms with van der Waals surface area (Å²) in [5.74, 6) is -0.384. The van der Waals surface area contributed by atoms with Crippen LogP contribution in [0.15, 0.2) is 23.1 Å². The van der Waals surface area contributed by atoms with Crippen molar-refractivity contribution in [1.82, 2.24) is 4.72 Å². The number of hydrogen-bond acceptors (Lipinski definition) is 4. The van der Waals surface area contributed by atoms with Crippen LogP contribution in [0.5, 0.6) is 0 Å². The van der Waals surface area contributed by atoms with Gasteiger partial charge in [0.2, 0.25) is 10.0 Å². The summed E-state index contributed by atoms with van der Waals surface area (Å²) < 4.78 is 32.2. The fourth-order valence-corrected chi connectivity index (χ4v) is 4.02. The van der Waals surface area contributed by atoms with Crippen molar-refractivity contribution in [2.45, 2.75) is 50.5 Å². The predicted octanol–water partition coefficient (Wildman–Crippen LogP) is 2.04. The second kappa shape index (κ2) is 6.79. The molecular formula is C16H23NO4S. The maximum atomic E-state index is 12.5. The molecule has 0 saturated carbocycles. The van der Waals surface area contributed by atoms with Gasteiger partial charge in [0.25, 0.3) is 0 Å². The molecule has 122 valence electrons. The van der Waals surface area contributed by atoms with E-state index in [1.807, 2.05) is 19.9 Å². The van der Waals surface area contributed by atoms with E-state index >= 15 is 0 Å². The average Bonchev–Trinajstić information content (AvgIpc) is 2.92. The first-order valence-electron chi connectivity index (χ1n) is 7.55. The van der Waals surface area contributed by atoms with Gasteiger partial charge >= 0.3 is 5.97 Å². The lowest BCUT2D eigenvalue weighted by molar-refractivity contribution is -0.143. The summed E-state index contributed by atoms with van der Waals surface area (Å²) in [5, 5.41) is 0. The third-order valence-corrected chi connectivity index (χ3v) is 5.34. The average molecular weight is 325 g/mol. The fourth-order valence-electron chi connectivity index (χ4n) is 2.78. The topological polar surface area (TPSA) is 72.5 Å². The van der Waals surface area contributed by atoms with Crippen LogP contribution in [0.4, 0.5) is 0 Å². The highest BCUT2D eigenvalue weighted by Crippen LogP contribution is 2.25. The minimum absolute atomic E-state index is 0.173. The van der Waals surface area contributed by atoms with Crippen molar-refractivity contribution in [3.05, 3.63) is 29.3 Å². The van der Waals surface area contributed by atoms with Gasteiger partial charge in [-0.05, 0) is 54.9 Å². The zero-order chi connectivity index (χ0) is 16.3. The summed E-state index contributed by atoms with van der Waals surface area (Å²) in [7, 11) is -2.47. The number of ether oxygens (including phenoxy) is 1. The molecule has 0 saturated heterocycles. The SMILES string of the molecule is COC(=O)C(CC(C)C)NS(=O)(=O)c1ccc2c(c1)CCC2. The van der Waals surface area contributed by atoms with Crippen LogP contribution < -0.4 is 4.72 Å². The first-order chi connectivity index (χ1) is 10.3. The van der Waals surface area contributed by atoms with Gasteiger partial charge in [0.1, 0.15) is 6.04 Å². The van der Waals surface area contributed by atoms with Gasteiger partial charge in [-0.1, -0.05) is 19.9 Å². The van der Waals surface area contributed by atoms with Crippen LogP contribution in [0.2, 0.25) is 0 Å². The molecule has 0 aliphatic heterocycles. The smallest absolute Gasteiger partial charge is 0.323 e. The van der Waals surface area contributed by atoms with Gasteiger partial charge in [0, 0.05) is 0 Å². The van der Waals surface area contributed by atoms with Crippen molar-refractivity contribution in [2.75, 3.05) is 7.11 Å². The number of esters is 1. The van der Waals surface area contributed by atoms with E-state index in [2.05, 4.69) is 4.72 Å². The molecule has 1 atom stereocenters. The number of sulfonamides is 1. The van der Waals surface area contributed by atoms with Gasteiger partial charge < -0.3 is 4.74 Å². The van der Waals surface area contributed by atoms with Crippen LogP contribution in [0, 0.1) is 5.92 Å². The molecule has 1 unspecified atom stereocenters. The summed E-state index contributed by atoms with van der Waals surface area (Å²) in [5.41, 5.74) is 2.30. The summed E-state index contributed by atoms with van der Waals surface area (Å²) in [6.45, 7) is 3.86. The molecule has 1 N–H and O–H groups in total. The van der Waals surface area contributed by atoms with E-state index in [-0.39, 0.29) is 10.8 Å². The summed E-state index contributed by atoms with van der Waals surface area (Å²) in [6, 6.07) is 4.33. The lowest BCUT2D eigenvalue weighted by Gasteiger charge is -2.18. The molecule has 0 heterocycles. The zero-order valence-corrected chi connectivity index (χ0v) is 14.1. The molecule has 1 aromatic carbocycles. The van der Waals surface area contributed by atoms with Crippen molar-refractivity contribution in [2.24, 2.45) is 5.92 Å². The maximum Gasteiger partial charge on any atom is 0.323 e. The Labute approximate surface area is 132 Å². The Morgan fingerprint density at radius 2 is 1.95 bits per heavy atom. The molecule has 0 fully saturated rings. The summed E-state index contributed by atoms with van der Waals surface area (Å²) >= 11 is 0. The quantitative estimate of drug-likeness (QED) is 0.813. The molecule has 0 amide bonds. The Bertz CT molecular complexity index is 652. The lowest BCUT2D eigenvalue weighted by Crippen LogP contribution is -2.42. The second-order valence-corrected chi connectivity index (χ2v) is 7.82. The van der Waals surface area contributed by atoms with Crippen molar-refractivity contribution in [3.8, 4) is 0 Å². The van der Waals surface area contributed by atoms with Gasteiger partial charge in [-0.15, -0.1) is 0 Å². The van der Waals surface area contributed by atoms with Crippen molar-refractivity contribution >= 4 is 16.0 Å². The van der Waals surface area contributed by atoms with Crippen molar-refractivity contribution in [3.63, 3.8) is 0 Å². The van der Waals surface area contributed by atoms with Crippen molar-refractivity contribution in [1.29, 1.82) is 0 Å². The van der Waals surface area contributed by atoms with E-state index in [0.717, 1.165) is 24.8 Å². The first kappa shape index (κ1) is 17.0. The van der Waals surface area contributed by atoms with Gasteiger partial charge in [-0.25, -0.2) is 8.42 Å². The number of carbonyl (C=O) groups excluding carboxylic acids is 1. The van der Waals surface area contributed by atoms with Crippen LogP contribution in [-0.4, -0.2) is 27.5 Å². The maximum absolute atomic E-state index is 12.5. The second-order valence-electron chi connectivity index (χ2n) is 6.11. The highest BCUT2D eigenvalue weighted by Gasteiger charge is 2.27. The monoisotopic (exact) mass is 325 g/mol. The Hall–Kier alpha value is -1.40. The van der Waals surface area contributed by atoms with Gasteiger partial charge in [-0.3, -0.25) is 4.79 Å². The number of benzene rings is 1. The van der Waals surface area contributed by atoms with E-state index in [0.29, 0.717) is 6.42 Å². The summed E-state index contributed by atoms with van der Waals surface area (Å²) in [6.07, 6.45) is 3.37. The Kier molecular flexibility index (Phi) is 5.24. The van der Waals surface area contributed by atoms with Gasteiger partial charge in [-0.2, -0.15) is 4.72 Å². The number of hydrogen-bond donors (Lipinski definition) is 1. The highest BCUT2D eigenvalue weighted by molar-refractivity contribution is 7.89. The largest absolute Gasteiger partial charge is 0.468 e. The first-order valence-corrected chi connectivity index (χ1v) is 9.03. The minimum atomic E-state index is -3.73. The van der Waals surface area contributed by atoms with E-state index in [1.165, 1.54) is 12.7 Å². The number of nitrogens with one attached hydrogen (secondary N) is 1. The van der Waals surface area contributed by atoms with E-state index in [9.17, 15) is 13.2 Å². The Balaban J connectivity index is 2.23. The molecule has 6 heteroatoms. The lowest BCUT2D eigenvalue weighted by atomic mass is 10.1. The normalized spacial score (nSPS) is 15.6. The van der Waals surface area contributed by atoms with Crippen LogP contribution in [-0.2, 0) is 32.4 Å². The zero-order valence-electron chi connectivity index (χ0n) is 13.3. The Morgan fingerprint density at radius 1 is 1.27 bits per heavy atom. The van der Waals surface area contributed by atoms with Crippen molar-refractivity contribution < 1.29 is 17.9 Å². The van der Waals surface area contributed by atoms with E-state index < -0.39 is 22.0 Å². The number of carbonyl (C=O) groups is 1. The third-order valence-electron chi connectivity index (χ3n) is 3.87. The molecule has 1 aliphatic carbocycles. The highest BCUT2D eigenvalue weighted by atomic mass is 32.2. The molecule has 0 bridgehead atoms.